The van der Waals surface area contributed by atoms with Crippen molar-refractivity contribution in [3.05, 3.63) is 33.8 Å². The van der Waals surface area contributed by atoms with Gasteiger partial charge in [-0.15, -0.1) is 0 Å². The Labute approximate surface area is 83.9 Å². The first-order valence-electron chi connectivity index (χ1n) is 5.16. The molecule has 0 amide bonds. The molecule has 13 heavy (non-hydrogen) atoms. The largest absolute Gasteiger partial charge is 0.0840 e. The van der Waals surface area contributed by atoms with Crippen LogP contribution >= 0.6 is 11.6 Å². The molecule has 2 aliphatic carbocycles. The molecule has 68 valence electrons. The van der Waals surface area contributed by atoms with E-state index in [1.165, 1.54) is 48.8 Å². The second kappa shape index (κ2) is 2.75. The minimum atomic E-state index is 0.836. The summed E-state index contributed by atoms with van der Waals surface area (Å²) >= 11 is 6.25. The van der Waals surface area contributed by atoms with E-state index in [0.717, 1.165) is 10.9 Å². The molecule has 1 aromatic rings. The number of hydrogen-bond acceptors (Lipinski definition) is 0. The number of benzene rings is 1. The number of hydrogen-bond donors (Lipinski definition) is 0. The molecule has 0 radical (unpaired) electrons. The van der Waals surface area contributed by atoms with Crippen molar-refractivity contribution in [2.45, 2.75) is 38.0 Å². The molecule has 1 fully saturated rings. The first kappa shape index (κ1) is 7.87. The summed E-state index contributed by atoms with van der Waals surface area (Å²) in [5, 5.41) is 1.02. The van der Waals surface area contributed by atoms with Gasteiger partial charge in [0.2, 0.25) is 0 Å². The number of rotatable bonds is 1. The Bertz CT molecular complexity index is 350. The van der Waals surface area contributed by atoms with Gasteiger partial charge in [0.05, 0.1) is 0 Å². The molecule has 0 saturated heterocycles. The molecule has 1 heteroatoms. The van der Waals surface area contributed by atoms with Crippen molar-refractivity contribution in [1.82, 2.24) is 0 Å². The Morgan fingerprint density at radius 3 is 2.77 bits per heavy atom. The molecule has 1 saturated carbocycles. The fourth-order valence-corrected chi connectivity index (χ4v) is 2.67. The van der Waals surface area contributed by atoms with Crippen LogP contribution in [0.15, 0.2) is 12.1 Å². The van der Waals surface area contributed by atoms with E-state index in [2.05, 4.69) is 12.1 Å². The van der Waals surface area contributed by atoms with Crippen LogP contribution in [-0.4, -0.2) is 0 Å². The smallest absolute Gasteiger partial charge is 0.0443 e. The van der Waals surface area contributed by atoms with Gasteiger partial charge in [-0.25, -0.2) is 0 Å². The monoisotopic (exact) mass is 192 g/mol. The van der Waals surface area contributed by atoms with Gasteiger partial charge >= 0.3 is 0 Å². The van der Waals surface area contributed by atoms with Gasteiger partial charge < -0.3 is 0 Å². The quantitative estimate of drug-likeness (QED) is 0.637. The fraction of sp³-hybridized carbons (Fsp3) is 0.500. The Balaban J connectivity index is 2.10. The van der Waals surface area contributed by atoms with E-state index >= 15 is 0 Å². The lowest BCUT2D eigenvalue weighted by Crippen LogP contribution is -1.88. The second-order valence-electron chi connectivity index (χ2n) is 4.27. The first-order valence-corrected chi connectivity index (χ1v) is 5.53. The standard InChI is InChI=1S/C12H13Cl/c13-12-7-10(8-4-5-8)6-9-2-1-3-11(9)12/h6-8H,1-5H2. The zero-order valence-corrected chi connectivity index (χ0v) is 8.40. The lowest BCUT2D eigenvalue weighted by Gasteiger charge is -2.05. The van der Waals surface area contributed by atoms with E-state index in [1.54, 1.807) is 0 Å². The number of halogens is 1. The van der Waals surface area contributed by atoms with Crippen LogP contribution in [0.4, 0.5) is 0 Å². The molecule has 0 unspecified atom stereocenters. The number of fused-ring (bicyclic) bond motifs is 1. The summed E-state index contributed by atoms with van der Waals surface area (Å²) in [6.07, 6.45) is 6.47. The fourth-order valence-electron chi connectivity index (χ4n) is 2.33. The lowest BCUT2D eigenvalue weighted by molar-refractivity contribution is 0.911. The molecule has 0 N–H and O–H groups in total. The van der Waals surface area contributed by atoms with Crippen LogP contribution in [0, 0.1) is 0 Å². The molecule has 0 heterocycles. The molecule has 0 atom stereocenters. The average molecular weight is 193 g/mol. The van der Waals surface area contributed by atoms with Crippen LogP contribution in [0.5, 0.6) is 0 Å². The average Bonchev–Trinajstić information content (AvgIpc) is 2.85. The molecular weight excluding hydrogens is 180 g/mol. The molecular formula is C12H13Cl. The summed E-state index contributed by atoms with van der Waals surface area (Å²) in [7, 11) is 0. The maximum Gasteiger partial charge on any atom is 0.0443 e. The van der Waals surface area contributed by atoms with Gasteiger partial charge in [-0.1, -0.05) is 17.7 Å². The van der Waals surface area contributed by atoms with Gasteiger partial charge in [0.15, 0.2) is 0 Å². The summed E-state index contributed by atoms with van der Waals surface area (Å²) in [5.41, 5.74) is 4.44. The molecule has 3 rings (SSSR count). The summed E-state index contributed by atoms with van der Waals surface area (Å²) < 4.78 is 0. The van der Waals surface area contributed by atoms with Crippen LogP contribution in [0.1, 0.15) is 41.9 Å². The molecule has 0 nitrogen and oxygen atoms in total. The van der Waals surface area contributed by atoms with Crippen molar-refractivity contribution in [2.75, 3.05) is 0 Å². The van der Waals surface area contributed by atoms with Crippen LogP contribution in [-0.2, 0) is 12.8 Å². The van der Waals surface area contributed by atoms with Crippen LogP contribution < -0.4 is 0 Å². The van der Waals surface area contributed by atoms with E-state index in [1.807, 2.05) is 0 Å². The molecule has 0 aromatic heterocycles. The van der Waals surface area contributed by atoms with Gasteiger partial charge in [-0.2, -0.15) is 0 Å². The molecule has 2 aliphatic rings. The van der Waals surface area contributed by atoms with Crippen molar-refractivity contribution in [3.63, 3.8) is 0 Å². The topological polar surface area (TPSA) is 0 Å². The Kier molecular flexibility index (Phi) is 1.66. The predicted octanol–water partition coefficient (Wildman–Crippen LogP) is 3.71. The van der Waals surface area contributed by atoms with Crippen molar-refractivity contribution < 1.29 is 0 Å². The van der Waals surface area contributed by atoms with Crippen molar-refractivity contribution in [3.8, 4) is 0 Å². The minimum absolute atomic E-state index is 0.836. The van der Waals surface area contributed by atoms with Gasteiger partial charge in [0, 0.05) is 5.02 Å². The molecule has 0 aliphatic heterocycles. The Morgan fingerprint density at radius 2 is 2.00 bits per heavy atom. The molecule has 1 aromatic carbocycles. The van der Waals surface area contributed by atoms with E-state index in [4.69, 9.17) is 11.6 Å². The normalized spacial score (nSPS) is 20.4. The van der Waals surface area contributed by atoms with Gasteiger partial charge in [0.25, 0.3) is 0 Å². The summed E-state index contributed by atoms with van der Waals surface area (Å²) in [6, 6.07) is 4.59. The predicted molar refractivity (Wildman–Crippen MR) is 55.5 cm³/mol. The third-order valence-electron chi connectivity index (χ3n) is 3.23. The van der Waals surface area contributed by atoms with E-state index < -0.39 is 0 Å². The zero-order valence-electron chi connectivity index (χ0n) is 7.65. The maximum atomic E-state index is 6.25. The summed E-state index contributed by atoms with van der Waals surface area (Å²) in [5.74, 6) is 0.836. The van der Waals surface area contributed by atoms with Crippen molar-refractivity contribution >= 4 is 11.6 Å². The maximum absolute atomic E-state index is 6.25. The van der Waals surface area contributed by atoms with Crippen molar-refractivity contribution in [1.29, 1.82) is 0 Å². The summed E-state index contributed by atoms with van der Waals surface area (Å²) in [4.78, 5) is 0. The Morgan fingerprint density at radius 1 is 1.15 bits per heavy atom. The van der Waals surface area contributed by atoms with Gasteiger partial charge in [0.1, 0.15) is 0 Å². The van der Waals surface area contributed by atoms with Gasteiger partial charge in [-0.3, -0.25) is 0 Å². The third kappa shape index (κ3) is 1.28. The third-order valence-corrected chi connectivity index (χ3v) is 3.57. The molecule has 0 bridgehead atoms. The Hall–Kier alpha value is -0.490. The zero-order chi connectivity index (χ0) is 8.84. The number of aryl methyl sites for hydroxylation is 1. The lowest BCUT2D eigenvalue weighted by atomic mass is 10.0. The van der Waals surface area contributed by atoms with Gasteiger partial charge in [-0.05, 0) is 60.8 Å². The first-order chi connectivity index (χ1) is 6.34. The SMILES string of the molecule is Clc1cc(C2CC2)cc2c1CCC2. The highest BCUT2D eigenvalue weighted by atomic mass is 35.5. The van der Waals surface area contributed by atoms with Crippen LogP contribution in [0.25, 0.3) is 0 Å². The highest BCUT2D eigenvalue weighted by Gasteiger charge is 2.26. The van der Waals surface area contributed by atoms with Crippen LogP contribution in [0.2, 0.25) is 5.02 Å². The molecule has 0 spiro atoms. The summed E-state index contributed by atoms with van der Waals surface area (Å²) in [6.45, 7) is 0. The minimum Gasteiger partial charge on any atom is -0.0840 e. The van der Waals surface area contributed by atoms with Crippen LogP contribution in [0.3, 0.4) is 0 Å². The second-order valence-corrected chi connectivity index (χ2v) is 4.68. The highest BCUT2D eigenvalue weighted by Crippen LogP contribution is 2.43. The van der Waals surface area contributed by atoms with E-state index in [0.29, 0.717) is 0 Å². The van der Waals surface area contributed by atoms with E-state index in [-0.39, 0.29) is 0 Å². The van der Waals surface area contributed by atoms with E-state index in [9.17, 15) is 0 Å². The van der Waals surface area contributed by atoms with Crippen molar-refractivity contribution in [2.24, 2.45) is 0 Å². The highest BCUT2D eigenvalue weighted by molar-refractivity contribution is 6.31.